The van der Waals surface area contributed by atoms with Crippen LogP contribution in [0.1, 0.15) is 5.56 Å². The van der Waals surface area contributed by atoms with E-state index in [0.29, 0.717) is 6.54 Å². The van der Waals surface area contributed by atoms with Gasteiger partial charge in [-0.05, 0) is 35.9 Å². The molecule has 0 unspecified atom stereocenters. The molecule has 0 N–H and O–H groups in total. The molecule has 0 aliphatic carbocycles. The van der Waals surface area contributed by atoms with Crippen LogP contribution in [0.2, 0.25) is 0 Å². The number of carbonyl (C=O) groups excluding carboxylic acids is 1. The topological polar surface area (TPSA) is 64.4 Å². The molecule has 6 nitrogen and oxygen atoms in total. The van der Waals surface area contributed by atoms with Crippen molar-refractivity contribution in [3.05, 3.63) is 89.1 Å². The summed E-state index contributed by atoms with van der Waals surface area (Å²) in [6.07, 6.45) is 2.96. The van der Waals surface area contributed by atoms with Crippen LogP contribution < -0.4 is 10.4 Å². The third-order valence-electron chi connectivity index (χ3n) is 3.84. The fourth-order valence-corrected chi connectivity index (χ4v) is 2.42. The van der Waals surface area contributed by atoms with Gasteiger partial charge in [0.2, 0.25) is 5.91 Å². The number of benzene rings is 2. The Hall–Kier alpha value is -3.41. The molecule has 3 rings (SSSR count). The van der Waals surface area contributed by atoms with Gasteiger partial charge in [-0.2, -0.15) is 0 Å². The fourth-order valence-electron chi connectivity index (χ4n) is 2.42. The highest BCUT2D eigenvalue weighted by Crippen LogP contribution is 2.21. The van der Waals surface area contributed by atoms with Gasteiger partial charge in [0.05, 0.1) is 0 Å². The van der Waals surface area contributed by atoms with Crippen LogP contribution >= 0.6 is 0 Å². The predicted molar refractivity (Wildman–Crippen MR) is 97.9 cm³/mol. The maximum Gasteiger partial charge on any atom is 0.347 e. The Bertz CT molecular complexity index is 921. The Labute approximate surface area is 151 Å². The summed E-state index contributed by atoms with van der Waals surface area (Å²) in [4.78, 5) is 29.1. The lowest BCUT2D eigenvalue weighted by Gasteiger charge is -2.18. The molecule has 26 heavy (non-hydrogen) atoms. The van der Waals surface area contributed by atoms with Crippen molar-refractivity contribution in [3.8, 4) is 11.5 Å². The molecule has 1 amide bonds. The third-order valence-corrected chi connectivity index (χ3v) is 3.84. The minimum absolute atomic E-state index is 0.0294. The molecule has 0 saturated carbocycles. The average Bonchev–Trinajstić information content (AvgIpc) is 2.66. The zero-order valence-corrected chi connectivity index (χ0v) is 14.4. The SMILES string of the molecule is CN(Cc1ccc(Oc2ccccc2)cc1)C(=O)Cn1cccnc1=O. The largest absolute Gasteiger partial charge is 0.457 e. The average molecular weight is 349 g/mol. The number of hydrogen-bond acceptors (Lipinski definition) is 4. The number of para-hydroxylation sites is 1. The lowest BCUT2D eigenvalue weighted by Crippen LogP contribution is -2.34. The Kier molecular flexibility index (Phi) is 5.43. The zero-order chi connectivity index (χ0) is 18.4. The van der Waals surface area contributed by atoms with Crippen LogP contribution in [0.3, 0.4) is 0 Å². The highest BCUT2D eigenvalue weighted by atomic mass is 16.5. The fraction of sp³-hybridized carbons (Fsp3) is 0.150. The molecule has 0 spiro atoms. The first kappa shape index (κ1) is 17.4. The molecule has 2 aromatic carbocycles. The molecular formula is C20H19N3O3. The van der Waals surface area contributed by atoms with E-state index in [-0.39, 0.29) is 12.5 Å². The summed E-state index contributed by atoms with van der Waals surface area (Å²) in [5.41, 5.74) is 0.538. The van der Waals surface area contributed by atoms with Crippen molar-refractivity contribution in [2.24, 2.45) is 0 Å². The van der Waals surface area contributed by atoms with Gasteiger partial charge in [-0.1, -0.05) is 30.3 Å². The molecule has 0 radical (unpaired) electrons. The smallest absolute Gasteiger partial charge is 0.347 e. The van der Waals surface area contributed by atoms with Gasteiger partial charge >= 0.3 is 5.69 Å². The summed E-state index contributed by atoms with van der Waals surface area (Å²) in [5.74, 6) is 1.34. The Morgan fingerprint density at radius 3 is 2.42 bits per heavy atom. The molecule has 0 atom stereocenters. The van der Waals surface area contributed by atoms with Crippen LogP contribution in [0.4, 0.5) is 0 Å². The maximum absolute atomic E-state index is 12.3. The van der Waals surface area contributed by atoms with Gasteiger partial charge in [-0.3, -0.25) is 9.36 Å². The third kappa shape index (κ3) is 4.57. The lowest BCUT2D eigenvalue weighted by atomic mass is 10.2. The molecule has 1 aromatic heterocycles. The molecule has 0 saturated heterocycles. The summed E-state index contributed by atoms with van der Waals surface area (Å²) in [7, 11) is 1.71. The molecule has 3 aromatic rings. The summed E-state index contributed by atoms with van der Waals surface area (Å²) in [6.45, 7) is 0.415. The number of aromatic nitrogens is 2. The number of nitrogens with zero attached hydrogens (tertiary/aromatic N) is 3. The summed E-state index contributed by atoms with van der Waals surface area (Å²) < 4.78 is 7.04. The van der Waals surface area contributed by atoms with E-state index >= 15 is 0 Å². The summed E-state index contributed by atoms with van der Waals surface area (Å²) >= 11 is 0. The molecule has 0 aliphatic heterocycles. The first-order valence-corrected chi connectivity index (χ1v) is 8.19. The second-order valence-corrected chi connectivity index (χ2v) is 5.84. The van der Waals surface area contributed by atoms with Crippen molar-refractivity contribution in [2.75, 3.05) is 7.05 Å². The van der Waals surface area contributed by atoms with Gasteiger partial charge in [0.1, 0.15) is 18.0 Å². The normalized spacial score (nSPS) is 10.3. The molecule has 0 bridgehead atoms. The molecule has 132 valence electrons. The van der Waals surface area contributed by atoms with E-state index in [1.165, 1.54) is 10.8 Å². The first-order chi connectivity index (χ1) is 12.6. The van der Waals surface area contributed by atoms with E-state index in [9.17, 15) is 9.59 Å². The molecule has 1 heterocycles. The van der Waals surface area contributed by atoms with Crippen molar-refractivity contribution in [2.45, 2.75) is 13.1 Å². The summed E-state index contributed by atoms with van der Waals surface area (Å²) in [6, 6.07) is 18.7. The van der Waals surface area contributed by atoms with Crippen LogP contribution in [-0.2, 0) is 17.9 Å². The Morgan fingerprint density at radius 1 is 1.04 bits per heavy atom. The maximum atomic E-state index is 12.3. The van der Waals surface area contributed by atoms with Crippen LogP contribution in [0.25, 0.3) is 0 Å². The summed E-state index contributed by atoms with van der Waals surface area (Å²) in [5, 5.41) is 0. The van der Waals surface area contributed by atoms with Gasteiger partial charge in [0.25, 0.3) is 0 Å². The van der Waals surface area contributed by atoms with Crippen LogP contribution in [-0.4, -0.2) is 27.4 Å². The number of amides is 1. The number of carbonyl (C=O) groups is 1. The van der Waals surface area contributed by atoms with Crippen molar-refractivity contribution < 1.29 is 9.53 Å². The second kappa shape index (κ2) is 8.11. The second-order valence-electron chi connectivity index (χ2n) is 5.84. The van der Waals surface area contributed by atoms with E-state index in [1.54, 1.807) is 24.2 Å². The number of likely N-dealkylation sites (N-methyl/N-ethyl adjacent to an activating group) is 1. The van der Waals surface area contributed by atoms with E-state index in [0.717, 1.165) is 17.1 Å². The van der Waals surface area contributed by atoms with E-state index < -0.39 is 5.69 Å². The number of rotatable bonds is 6. The monoisotopic (exact) mass is 349 g/mol. The molecular weight excluding hydrogens is 330 g/mol. The van der Waals surface area contributed by atoms with Crippen LogP contribution in [0.5, 0.6) is 11.5 Å². The first-order valence-electron chi connectivity index (χ1n) is 8.19. The molecule has 6 heteroatoms. The van der Waals surface area contributed by atoms with Crippen molar-refractivity contribution in [3.63, 3.8) is 0 Å². The van der Waals surface area contributed by atoms with Crippen molar-refractivity contribution in [1.82, 2.24) is 14.5 Å². The van der Waals surface area contributed by atoms with E-state index in [2.05, 4.69) is 4.98 Å². The highest BCUT2D eigenvalue weighted by molar-refractivity contribution is 5.75. The van der Waals surface area contributed by atoms with Crippen molar-refractivity contribution in [1.29, 1.82) is 0 Å². The number of hydrogen-bond donors (Lipinski definition) is 0. The van der Waals surface area contributed by atoms with Gasteiger partial charge in [0, 0.05) is 26.0 Å². The van der Waals surface area contributed by atoms with Crippen LogP contribution in [0, 0.1) is 0 Å². The lowest BCUT2D eigenvalue weighted by molar-refractivity contribution is -0.131. The quantitative estimate of drug-likeness (QED) is 0.686. The van der Waals surface area contributed by atoms with E-state index in [1.807, 2.05) is 54.6 Å². The standard InChI is InChI=1S/C20H19N3O3/c1-22(19(24)15-23-13-5-12-21-20(23)25)14-16-8-10-18(11-9-16)26-17-6-3-2-4-7-17/h2-13H,14-15H2,1H3. The van der Waals surface area contributed by atoms with Crippen molar-refractivity contribution >= 4 is 5.91 Å². The Morgan fingerprint density at radius 2 is 1.73 bits per heavy atom. The minimum Gasteiger partial charge on any atom is -0.457 e. The zero-order valence-electron chi connectivity index (χ0n) is 14.4. The molecule has 0 fully saturated rings. The minimum atomic E-state index is -0.434. The van der Waals surface area contributed by atoms with Gasteiger partial charge in [-0.25, -0.2) is 9.78 Å². The van der Waals surface area contributed by atoms with Gasteiger partial charge in [-0.15, -0.1) is 0 Å². The van der Waals surface area contributed by atoms with Crippen LogP contribution in [0.15, 0.2) is 77.9 Å². The Balaban J connectivity index is 1.59. The van der Waals surface area contributed by atoms with E-state index in [4.69, 9.17) is 4.74 Å². The predicted octanol–water partition coefficient (Wildman–Crippen LogP) is 2.69. The van der Waals surface area contributed by atoms with Gasteiger partial charge in [0.15, 0.2) is 0 Å². The molecule has 0 aliphatic rings. The van der Waals surface area contributed by atoms with Gasteiger partial charge < -0.3 is 9.64 Å². The number of ether oxygens (including phenoxy) is 1. The highest BCUT2D eigenvalue weighted by Gasteiger charge is 2.11.